The van der Waals surface area contributed by atoms with Crippen molar-refractivity contribution in [2.45, 2.75) is 39.2 Å². The Hall–Kier alpha value is -1.30. The minimum absolute atomic E-state index is 0.379. The topological polar surface area (TPSA) is 81.7 Å². The minimum Gasteiger partial charge on any atom is -0.480 e. The quantitative estimate of drug-likeness (QED) is 0.642. The van der Waals surface area contributed by atoms with Crippen LogP contribution in [0, 0.1) is 5.92 Å². The molecule has 3 N–H and O–H groups in total. The van der Waals surface area contributed by atoms with E-state index in [1.54, 1.807) is 0 Å². The van der Waals surface area contributed by atoms with E-state index in [0.29, 0.717) is 18.9 Å². The number of hydrogen-bond donors (Lipinski definition) is 3. The number of nitrogens with one attached hydrogen (secondary N) is 2. The summed E-state index contributed by atoms with van der Waals surface area (Å²) in [6, 6.07) is -1.17. The summed E-state index contributed by atoms with van der Waals surface area (Å²) in [7, 11) is 0. The number of carboxylic acid groups (broad SMARTS) is 1. The second kappa shape index (κ2) is 7.99. The molecule has 0 radical (unpaired) electrons. The zero-order valence-electron chi connectivity index (χ0n) is 11.8. The summed E-state index contributed by atoms with van der Waals surface area (Å²) in [6.07, 6.45) is 2.27. The molecule has 6 heteroatoms. The van der Waals surface area contributed by atoms with Gasteiger partial charge in [-0.3, -0.25) is 0 Å². The molecular formula is C13H25N3O3. The number of carboxylic acids is 1. The zero-order chi connectivity index (χ0) is 14.3. The summed E-state index contributed by atoms with van der Waals surface area (Å²) in [5, 5.41) is 14.2. The van der Waals surface area contributed by atoms with Gasteiger partial charge in [-0.25, -0.2) is 9.59 Å². The van der Waals surface area contributed by atoms with E-state index in [9.17, 15) is 9.59 Å². The molecule has 1 rings (SSSR count). The van der Waals surface area contributed by atoms with Gasteiger partial charge in [0, 0.05) is 13.1 Å². The third kappa shape index (κ3) is 5.46. The van der Waals surface area contributed by atoms with E-state index in [1.807, 2.05) is 6.92 Å². The van der Waals surface area contributed by atoms with Crippen LogP contribution in [0.1, 0.15) is 33.1 Å². The van der Waals surface area contributed by atoms with Gasteiger partial charge in [0.25, 0.3) is 0 Å². The number of rotatable bonds is 7. The number of carbonyl (C=O) groups excluding carboxylic acids is 1. The van der Waals surface area contributed by atoms with Gasteiger partial charge in [-0.2, -0.15) is 0 Å². The molecule has 1 fully saturated rings. The van der Waals surface area contributed by atoms with Gasteiger partial charge in [0.1, 0.15) is 6.04 Å². The molecule has 0 aromatic rings. The molecule has 0 bridgehead atoms. The lowest BCUT2D eigenvalue weighted by atomic mass is 10.1. The molecule has 6 nitrogen and oxygen atoms in total. The molecule has 2 amide bonds. The average Bonchev–Trinajstić information content (AvgIpc) is 2.83. The van der Waals surface area contributed by atoms with E-state index in [0.717, 1.165) is 32.5 Å². The Morgan fingerprint density at radius 2 is 2.16 bits per heavy atom. The number of aliphatic carboxylic acids is 1. The molecule has 0 aromatic heterocycles. The van der Waals surface area contributed by atoms with Gasteiger partial charge in [-0.1, -0.05) is 20.3 Å². The van der Waals surface area contributed by atoms with Crippen LogP contribution in [0.25, 0.3) is 0 Å². The Morgan fingerprint density at radius 1 is 1.42 bits per heavy atom. The molecule has 1 aliphatic heterocycles. The van der Waals surface area contributed by atoms with Gasteiger partial charge in [-0.15, -0.1) is 0 Å². The standard InChI is InChI=1S/C13H25N3O3/c1-3-5-11(12(17)18)15-13(19)14-8-10-6-7-16(4-2)9-10/h10-11H,3-9H2,1-2H3,(H,17,18)(H2,14,15,19). The molecule has 0 aromatic carbocycles. The molecule has 1 aliphatic rings. The first-order chi connectivity index (χ1) is 9.06. The van der Waals surface area contributed by atoms with E-state index < -0.39 is 12.0 Å². The molecule has 2 atom stereocenters. The lowest BCUT2D eigenvalue weighted by molar-refractivity contribution is -0.139. The van der Waals surface area contributed by atoms with E-state index in [-0.39, 0.29) is 6.03 Å². The van der Waals surface area contributed by atoms with Crippen molar-refractivity contribution in [3.8, 4) is 0 Å². The van der Waals surface area contributed by atoms with Crippen molar-refractivity contribution in [1.82, 2.24) is 15.5 Å². The van der Waals surface area contributed by atoms with Crippen molar-refractivity contribution < 1.29 is 14.7 Å². The molecule has 0 saturated carbocycles. The predicted molar refractivity (Wildman–Crippen MR) is 73.1 cm³/mol. The third-order valence-electron chi connectivity index (χ3n) is 3.55. The van der Waals surface area contributed by atoms with Crippen LogP contribution >= 0.6 is 0 Å². The van der Waals surface area contributed by atoms with Gasteiger partial charge in [0.15, 0.2) is 0 Å². The van der Waals surface area contributed by atoms with Crippen LogP contribution in [0.5, 0.6) is 0 Å². The van der Waals surface area contributed by atoms with Crippen molar-refractivity contribution >= 4 is 12.0 Å². The fraction of sp³-hybridized carbons (Fsp3) is 0.846. The van der Waals surface area contributed by atoms with E-state index in [2.05, 4.69) is 22.5 Å². The maximum Gasteiger partial charge on any atom is 0.326 e. The normalized spacial score (nSPS) is 21.1. The summed E-state index contributed by atoms with van der Waals surface area (Å²) in [5.41, 5.74) is 0. The van der Waals surface area contributed by atoms with Crippen molar-refractivity contribution in [2.24, 2.45) is 5.92 Å². The van der Waals surface area contributed by atoms with E-state index in [1.165, 1.54) is 0 Å². The molecule has 0 aliphatic carbocycles. The second-order valence-electron chi connectivity index (χ2n) is 5.08. The molecule has 110 valence electrons. The van der Waals surface area contributed by atoms with E-state index >= 15 is 0 Å². The van der Waals surface area contributed by atoms with E-state index in [4.69, 9.17) is 5.11 Å². The molecule has 1 saturated heterocycles. The highest BCUT2D eigenvalue weighted by Gasteiger charge is 2.23. The van der Waals surface area contributed by atoms with Crippen LogP contribution in [0.4, 0.5) is 4.79 Å². The van der Waals surface area contributed by atoms with Crippen molar-refractivity contribution in [3.05, 3.63) is 0 Å². The summed E-state index contributed by atoms with van der Waals surface area (Å²) in [6.45, 7) is 7.77. The van der Waals surface area contributed by atoms with Crippen LogP contribution in [-0.4, -0.2) is 54.2 Å². The van der Waals surface area contributed by atoms with Crippen LogP contribution in [0.3, 0.4) is 0 Å². The van der Waals surface area contributed by atoms with Gasteiger partial charge >= 0.3 is 12.0 Å². The van der Waals surface area contributed by atoms with Crippen LogP contribution in [0.2, 0.25) is 0 Å². The fourth-order valence-electron chi connectivity index (χ4n) is 2.36. The van der Waals surface area contributed by atoms with Crippen LogP contribution < -0.4 is 10.6 Å². The lowest BCUT2D eigenvalue weighted by Crippen LogP contribution is -2.47. The van der Waals surface area contributed by atoms with Crippen molar-refractivity contribution in [2.75, 3.05) is 26.2 Å². The molecule has 0 spiro atoms. The first kappa shape index (κ1) is 15.8. The van der Waals surface area contributed by atoms with Crippen LogP contribution in [0.15, 0.2) is 0 Å². The van der Waals surface area contributed by atoms with Crippen molar-refractivity contribution in [1.29, 1.82) is 0 Å². The number of amides is 2. The Labute approximate surface area is 114 Å². The lowest BCUT2D eigenvalue weighted by Gasteiger charge is -2.16. The largest absolute Gasteiger partial charge is 0.480 e. The minimum atomic E-state index is -0.977. The molecule has 19 heavy (non-hydrogen) atoms. The summed E-state index contributed by atoms with van der Waals surface area (Å²) in [5.74, 6) is -0.504. The Morgan fingerprint density at radius 3 is 2.68 bits per heavy atom. The fourth-order valence-corrected chi connectivity index (χ4v) is 2.36. The molecule has 2 unspecified atom stereocenters. The zero-order valence-corrected chi connectivity index (χ0v) is 11.8. The van der Waals surface area contributed by atoms with Crippen LogP contribution in [-0.2, 0) is 4.79 Å². The summed E-state index contributed by atoms with van der Waals surface area (Å²) >= 11 is 0. The van der Waals surface area contributed by atoms with Crippen molar-refractivity contribution in [3.63, 3.8) is 0 Å². The smallest absolute Gasteiger partial charge is 0.326 e. The molecular weight excluding hydrogens is 246 g/mol. The molecule has 1 heterocycles. The Balaban J connectivity index is 2.25. The number of hydrogen-bond acceptors (Lipinski definition) is 3. The number of nitrogens with zero attached hydrogens (tertiary/aromatic N) is 1. The highest BCUT2D eigenvalue weighted by molar-refractivity contribution is 5.82. The number of urea groups is 1. The maximum atomic E-state index is 11.6. The summed E-state index contributed by atoms with van der Waals surface area (Å²) in [4.78, 5) is 24.9. The summed E-state index contributed by atoms with van der Waals surface area (Å²) < 4.78 is 0. The predicted octanol–water partition coefficient (Wildman–Crippen LogP) is 0.881. The van der Waals surface area contributed by atoms with Gasteiger partial charge in [-0.05, 0) is 31.8 Å². The average molecular weight is 271 g/mol. The van der Waals surface area contributed by atoms with Gasteiger partial charge < -0.3 is 20.6 Å². The van der Waals surface area contributed by atoms with Gasteiger partial charge in [0.2, 0.25) is 0 Å². The Kier molecular flexibility index (Phi) is 6.62. The second-order valence-corrected chi connectivity index (χ2v) is 5.08. The highest BCUT2D eigenvalue weighted by Crippen LogP contribution is 2.14. The highest BCUT2D eigenvalue weighted by atomic mass is 16.4. The monoisotopic (exact) mass is 271 g/mol. The van der Waals surface area contributed by atoms with Gasteiger partial charge in [0.05, 0.1) is 0 Å². The first-order valence-corrected chi connectivity index (χ1v) is 7.06. The first-order valence-electron chi connectivity index (χ1n) is 7.06. The Bertz CT molecular complexity index is 310. The third-order valence-corrected chi connectivity index (χ3v) is 3.55. The number of carbonyl (C=O) groups is 2. The SMILES string of the molecule is CCCC(NC(=O)NCC1CCN(CC)C1)C(=O)O. The maximum absolute atomic E-state index is 11.6. The number of likely N-dealkylation sites (tertiary alicyclic amines) is 1.